The molecule has 0 bridgehead atoms. The van der Waals surface area contributed by atoms with Crippen molar-refractivity contribution in [1.29, 1.82) is 5.26 Å². The molecule has 0 aromatic carbocycles. The van der Waals surface area contributed by atoms with Gasteiger partial charge in [0.15, 0.2) is 5.75 Å². The number of nitriles is 1. The largest absolute Gasteiger partial charge is 0.491 e. The van der Waals surface area contributed by atoms with E-state index in [1.54, 1.807) is 24.4 Å². The second-order valence-electron chi connectivity index (χ2n) is 5.81. The molecule has 3 aromatic rings. The molecule has 0 spiro atoms. The van der Waals surface area contributed by atoms with Crippen LogP contribution in [0.5, 0.6) is 11.6 Å². The molecular weight excluding hydrogens is 411 g/mol. The molecule has 0 aliphatic rings. The number of halogens is 2. The Morgan fingerprint density at radius 3 is 2.62 bits per heavy atom. The number of methoxy groups -OCH3 is 1. The van der Waals surface area contributed by atoms with Crippen LogP contribution in [0.2, 0.25) is 10.0 Å². The molecule has 0 fully saturated rings. The second-order valence-corrected chi connectivity index (χ2v) is 6.62. The highest BCUT2D eigenvalue weighted by atomic mass is 35.5. The molecule has 0 aliphatic heterocycles. The molecule has 3 aromatic heterocycles. The summed E-state index contributed by atoms with van der Waals surface area (Å²) >= 11 is 12.3. The Hall–Kier alpha value is -3.14. The van der Waals surface area contributed by atoms with Crippen LogP contribution >= 0.6 is 23.2 Å². The van der Waals surface area contributed by atoms with E-state index in [1.165, 1.54) is 19.5 Å². The van der Waals surface area contributed by atoms with Gasteiger partial charge in [-0.15, -0.1) is 0 Å². The van der Waals surface area contributed by atoms with Crippen molar-refractivity contribution in [3.63, 3.8) is 0 Å². The van der Waals surface area contributed by atoms with E-state index >= 15 is 0 Å². The van der Waals surface area contributed by atoms with Gasteiger partial charge in [0.2, 0.25) is 0 Å². The minimum Gasteiger partial charge on any atom is -0.491 e. The van der Waals surface area contributed by atoms with Gasteiger partial charge < -0.3 is 9.47 Å². The number of pyridine rings is 3. The molecule has 0 amide bonds. The van der Waals surface area contributed by atoms with Crippen LogP contribution < -0.4 is 9.47 Å². The molecule has 0 radical (unpaired) electrons. The third-order valence-electron chi connectivity index (χ3n) is 3.94. The van der Waals surface area contributed by atoms with Gasteiger partial charge >= 0.3 is 0 Å². The number of ether oxygens (including phenoxy) is 2. The summed E-state index contributed by atoms with van der Waals surface area (Å²) in [5.41, 5.74) is 2.08. The first-order valence-corrected chi connectivity index (χ1v) is 9.37. The van der Waals surface area contributed by atoms with E-state index < -0.39 is 0 Å². The SMILES string of the molecule is COc1ccc(C(C#N)=Cc2c(Cl)cncc2Cl)nc1OCCc1ccccn1. The number of allylic oxidation sites excluding steroid dienone is 1. The van der Waals surface area contributed by atoms with Gasteiger partial charge in [0.05, 0.1) is 35.0 Å². The summed E-state index contributed by atoms with van der Waals surface area (Å²) in [7, 11) is 1.53. The summed E-state index contributed by atoms with van der Waals surface area (Å²) in [5.74, 6) is 0.751. The van der Waals surface area contributed by atoms with Crippen LogP contribution in [0.1, 0.15) is 17.0 Å². The van der Waals surface area contributed by atoms with Crippen molar-refractivity contribution in [3.05, 3.63) is 75.9 Å². The van der Waals surface area contributed by atoms with Crippen LogP contribution in [0.3, 0.4) is 0 Å². The zero-order valence-electron chi connectivity index (χ0n) is 15.5. The van der Waals surface area contributed by atoms with Gasteiger partial charge in [-0.1, -0.05) is 29.3 Å². The lowest BCUT2D eigenvalue weighted by atomic mass is 10.1. The number of rotatable bonds is 7. The number of hydrogen-bond acceptors (Lipinski definition) is 6. The highest BCUT2D eigenvalue weighted by Crippen LogP contribution is 2.30. The van der Waals surface area contributed by atoms with Crippen molar-refractivity contribution in [1.82, 2.24) is 15.0 Å². The lowest BCUT2D eigenvalue weighted by Crippen LogP contribution is -2.06. The molecule has 8 heteroatoms. The monoisotopic (exact) mass is 426 g/mol. The maximum atomic E-state index is 9.62. The van der Waals surface area contributed by atoms with E-state index in [2.05, 4.69) is 21.0 Å². The van der Waals surface area contributed by atoms with Gasteiger partial charge in [-0.05, 0) is 30.3 Å². The third kappa shape index (κ3) is 5.23. The van der Waals surface area contributed by atoms with Crippen LogP contribution in [0.4, 0.5) is 0 Å². The third-order valence-corrected chi connectivity index (χ3v) is 4.55. The van der Waals surface area contributed by atoms with E-state index in [1.807, 2.05) is 18.2 Å². The van der Waals surface area contributed by atoms with Crippen molar-refractivity contribution in [2.75, 3.05) is 13.7 Å². The van der Waals surface area contributed by atoms with E-state index in [-0.39, 0.29) is 11.5 Å². The molecule has 0 unspecified atom stereocenters. The van der Waals surface area contributed by atoms with E-state index in [0.29, 0.717) is 40.1 Å². The second kappa shape index (κ2) is 9.87. The smallest absolute Gasteiger partial charge is 0.257 e. The molecule has 0 saturated carbocycles. The van der Waals surface area contributed by atoms with Gasteiger partial charge in [-0.25, -0.2) is 4.98 Å². The standard InChI is InChI=1S/C21H16Cl2N4O2/c1-28-20-6-5-19(14(11-24)10-16-17(22)12-25-13-18(16)23)27-21(20)29-9-7-15-4-2-3-8-26-15/h2-6,8,10,12-13H,7,9H2,1H3. The summed E-state index contributed by atoms with van der Waals surface area (Å²) < 4.78 is 11.1. The maximum absolute atomic E-state index is 9.62. The first-order valence-electron chi connectivity index (χ1n) is 8.61. The average Bonchev–Trinajstić information content (AvgIpc) is 2.74. The Balaban J connectivity index is 1.86. The first-order chi connectivity index (χ1) is 14.1. The zero-order valence-corrected chi connectivity index (χ0v) is 17.0. The van der Waals surface area contributed by atoms with Gasteiger partial charge in [0.1, 0.15) is 6.07 Å². The van der Waals surface area contributed by atoms with Gasteiger partial charge in [-0.3, -0.25) is 9.97 Å². The fourth-order valence-electron chi connectivity index (χ4n) is 2.50. The summed E-state index contributed by atoms with van der Waals surface area (Å²) in [4.78, 5) is 12.6. The quantitative estimate of drug-likeness (QED) is 0.501. The molecule has 0 saturated heterocycles. The molecule has 0 N–H and O–H groups in total. The van der Waals surface area contributed by atoms with Crippen molar-refractivity contribution in [2.45, 2.75) is 6.42 Å². The molecule has 0 atom stereocenters. The number of aromatic nitrogens is 3. The Morgan fingerprint density at radius 1 is 1.17 bits per heavy atom. The maximum Gasteiger partial charge on any atom is 0.257 e. The normalized spacial score (nSPS) is 11.0. The van der Waals surface area contributed by atoms with E-state index in [0.717, 1.165) is 5.69 Å². The van der Waals surface area contributed by atoms with E-state index in [4.69, 9.17) is 32.7 Å². The lowest BCUT2D eigenvalue weighted by Gasteiger charge is -2.11. The fraction of sp³-hybridized carbons (Fsp3) is 0.143. The van der Waals surface area contributed by atoms with Crippen LogP contribution in [0.25, 0.3) is 11.6 Å². The molecule has 29 heavy (non-hydrogen) atoms. The minimum atomic E-state index is 0.275. The minimum absolute atomic E-state index is 0.275. The molecule has 0 aliphatic carbocycles. The van der Waals surface area contributed by atoms with Crippen LogP contribution in [0.15, 0.2) is 48.9 Å². The van der Waals surface area contributed by atoms with Crippen molar-refractivity contribution >= 4 is 34.9 Å². The summed E-state index contributed by atoms with van der Waals surface area (Å²) in [6.45, 7) is 0.359. The van der Waals surface area contributed by atoms with Gasteiger partial charge in [-0.2, -0.15) is 5.26 Å². The predicted octanol–water partition coefficient (Wildman–Crippen LogP) is 4.87. The molecule has 6 nitrogen and oxygen atoms in total. The molecular formula is C21H16Cl2N4O2. The Bertz CT molecular complexity index is 1050. The Kier molecular flexibility index (Phi) is 7.01. The number of hydrogen-bond donors (Lipinski definition) is 0. The predicted molar refractivity (Wildman–Crippen MR) is 112 cm³/mol. The van der Waals surface area contributed by atoms with Gasteiger partial charge in [0.25, 0.3) is 5.88 Å². The zero-order chi connectivity index (χ0) is 20.6. The summed E-state index contributed by atoms with van der Waals surface area (Å²) in [6.07, 6.45) is 6.83. The number of nitrogens with zero attached hydrogens (tertiary/aromatic N) is 4. The Morgan fingerprint density at radius 2 is 1.97 bits per heavy atom. The highest BCUT2D eigenvalue weighted by Gasteiger charge is 2.13. The van der Waals surface area contributed by atoms with Crippen molar-refractivity contribution in [3.8, 4) is 17.7 Å². The Labute approximate surface area is 178 Å². The highest BCUT2D eigenvalue weighted by molar-refractivity contribution is 6.37. The van der Waals surface area contributed by atoms with Crippen LogP contribution in [0, 0.1) is 11.3 Å². The first kappa shape index (κ1) is 20.6. The van der Waals surface area contributed by atoms with Gasteiger partial charge in [0, 0.05) is 36.3 Å². The molecule has 146 valence electrons. The topological polar surface area (TPSA) is 80.9 Å². The fourth-order valence-corrected chi connectivity index (χ4v) is 2.98. The van der Waals surface area contributed by atoms with Crippen LogP contribution in [-0.4, -0.2) is 28.7 Å². The lowest BCUT2D eigenvalue weighted by molar-refractivity contribution is 0.284. The molecule has 3 heterocycles. The van der Waals surface area contributed by atoms with E-state index in [9.17, 15) is 5.26 Å². The summed E-state index contributed by atoms with van der Waals surface area (Å²) in [5, 5.41) is 10.3. The summed E-state index contributed by atoms with van der Waals surface area (Å²) in [6, 6.07) is 11.2. The van der Waals surface area contributed by atoms with Crippen LogP contribution in [-0.2, 0) is 6.42 Å². The average molecular weight is 427 g/mol. The van der Waals surface area contributed by atoms with Crippen molar-refractivity contribution < 1.29 is 9.47 Å². The van der Waals surface area contributed by atoms with Crippen molar-refractivity contribution in [2.24, 2.45) is 0 Å². The molecule has 3 rings (SSSR count).